The number of hydrogen-bond acceptors (Lipinski definition) is 3. The normalized spacial score (nSPS) is 24.8. The van der Waals surface area contributed by atoms with E-state index in [1.807, 2.05) is 60.7 Å². The molecule has 1 aliphatic carbocycles. The van der Waals surface area contributed by atoms with Crippen molar-refractivity contribution in [1.29, 1.82) is 0 Å². The van der Waals surface area contributed by atoms with Crippen LogP contribution in [0.15, 0.2) is 73.3 Å². The molecule has 0 amide bonds. The van der Waals surface area contributed by atoms with Crippen LogP contribution in [0.2, 0.25) is 0 Å². The summed E-state index contributed by atoms with van der Waals surface area (Å²) in [6.45, 7) is 3.68. The zero-order valence-corrected chi connectivity index (χ0v) is 13.7. The van der Waals surface area contributed by atoms with Crippen LogP contribution >= 0.6 is 0 Å². The lowest BCUT2D eigenvalue weighted by Gasteiger charge is -2.49. The van der Waals surface area contributed by atoms with Crippen molar-refractivity contribution >= 4 is 11.9 Å². The molecule has 0 spiro atoms. The third-order valence-corrected chi connectivity index (χ3v) is 4.82. The number of esters is 1. The molecular formula is C21H20O4. The Kier molecular flexibility index (Phi) is 4.98. The molecule has 1 aliphatic rings. The molecule has 128 valence electrons. The van der Waals surface area contributed by atoms with E-state index in [1.165, 1.54) is 6.08 Å². The molecule has 0 heterocycles. The SMILES string of the molecule is C=CCOC(=O)C1[C@H](c2ccccc2)C(C(=O)O)[C@H]1c1ccccc1. The molecule has 0 bridgehead atoms. The number of hydrogen-bond donors (Lipinski definition) is 1. The molecule has 1 fully saturated rings. The molecule has 1 N–H and O–H groups in total. The van der Waals surface area contributed by atoms with E-state index in [4.69, 9.17) is 4.74 Å². The molecule has 0 aliphatic heterocycles. The van der Waals surface area contributed by atoms with Crippen LogP contribution in [0, 0.1) is 11.8 Å². The van der Waals surface area contributed by atoms with Gasteiger partial charge >= 0.3 is 11.9 Å². The second-order valence-electron chi connectivity index (χ2n) is 6.18. The largest absolute Gasteiger partial charge is 0.481 e. The van der Waals surface area contributed by atoms with Crippen molar-refractivity contribution < 1.29 is 19.4 Å². The fourth-order valence-electron chi connectivity index (χ4n) is 3.77. The molecule has 0 unspecified atom stereocenters. The quantitative estimate of drug-likeness (QED) is 0.646. The zero-order valence-electron chi connectivity index (χ0n) is 13.7. The number of carbonyl (C=O) groups is 2. The first-order valence-corrected chi connectivity index (χ1v) is 8.25. The Hall–Kier alpha value is -2.88. The second kappa shape index (κ2) is 7.34. The molecule has 25 heavy (non-hydrogen) atoms. The molecule has 0 saturated heterocycles. The highest BCUT2D eigenvalue weighted by atomic mass is 16.5. The number of aliphatic carboxylic acids is 1. The lowest BCUT2D eigenvalue weighted by Crippen LogP contribution is -2.51. The average Bonchev–Trinajstić information content (AvgIpc) is 2.60. The standard InChI is InChI=1S/C21H20O4/c1-2-13-25-21(24)19-16(14-9-5-3-6-10-14)18(20(22)23)17(19)15-11-7-4-8-12-15/h2-12,16-19H,1,13H2,(H,22,23)/t16-,17-,18?,19?/m1/s1. The van der Waals surface area contributed by atoms with E-state index < -0.39 is 29.6 Å². The van der Waals surface area contributed by atoms with Gasteiger partial charge in [-0.15, -0.1) is 0 Å². The van der Waals surface area contributed by atoms with Crippen molar-refractivity contribution in [3.63, 3.8) is 0 Å². The van der Waals surface area contributed by atoms with E-state index >= 15 is 0 Å². The maximum atomic E-state index is 12.7. The van der Waals surface area contributed by atoms with Crippen LogP contribution in [0.5, 0.6) is 0 Å². The third-order valence-electron chi connectivity index (χ3n) is 4.82. The third kappa shape index (κ3) is 3.20. The molecule has 0 aromatic heterocycles. The van der Waals surface area contributed by atoms with Gasteiger partial charge in [0.05, 0.1) is 11.8 Å². The predicted molar refractivity (Wildman–Crippen MR) is 94.1 cm³/mol. The first-order chi connectivity index (χ1) is 12.1. The molecule has 2 aromatic rings. The van der Waals surface area contributed by atoms with Gasteiger partial charge in [-0.1, -0.05) is 73.3 Å². The summed E-state index contributed by atoms with van der Waals surface area (Å²) in [5.74, 6) is -3.25. The van der Waals surface area contributed by atoms with E-state index in [0.29, 0.717) is 0 Å². The Balaban J connectivity index is 2.01. The van der Waals surface area contributed by atoms with Crippen molar-refractivity contribution in [2.75, 3.05) is 6.61 Å². The summed E-state index contributed by atoms with van der Waals surface area (Å²) < 4.78 is 5.28. The van der Waals surface area contributed by atoms with Gasteiger partial charge in [0.15, 0.2) is 0 Å². The van der Waals surface area contributed by atoms with Gasteiger partial charge in [0.25, 0.3) is 0 Å². The number of carboxylic acid groups (broad SMARTS) is 1. The summed E-state index contributed by atoms with van der Waals surface area (Å²) in [6, 6.07) is 18.7. The summed E-state index contributed by atoms with van der Waals surface area (Å²) in [7, 11) is 0. The summed E-state index contributed by atoms with van der Waals surface area (Å²) in [4.78, 5) is 24.6. The van der Waals surface area contributed by atoms with E-state index in [9.17, 15) is 14.7 Å². The fraction of sp³-hybridized carbons (Fsp3) is 0.238. The van der Waals surface area contributed by atoms with E-state index in [2.05, 4.69) is 6.58 Å². The van der Waals surface area contributed by atoms with Crippen molar-refractivity contribution in [3.8, 4) is 0 Å². The molecule has 4 heteroatoms. The number of benzene rings is 2. The van der Waals surface area contributed by atoms with Crippen LogP contribution in [0.4, 0.5) is 0 Å². The number of ether oxygens (including phenoxy) is 1. The van der Waals surface area contributed by atoms with Crippen LogP contribution in [-0.2, 0) is 14.3 Å². The minimum atomic E-state index is -0.893. The van der Waals surface area contributed by atoms with Crippen molar-refractivity contribution in [3.05, 3.63) is 84.4 Å². The van der Waals surface area contributed by atoms with Crippen molar-refractivity contribution in [2.24, 2.45) is 11.8 Å². The Morgan fingerprint density at radius 3 is 1.80 bits per heavy atom. The highest BCUT2D eigenvalue weighted by Gasteiger charge is 2.59. The smallest absolute Gasteiger partial charge is 0.310 e. The second-order valence-corrected chi connectivity index (χ2v) is 6.18. The van der Waals surface area contributed by atoms with Crippen LogP contribution in [0.25, 0.3) is 0 Å². The molecular weight excluding hydrogens is 316 g/mol. The molecule has 2 aromatic carbocycles. The van der Waals surface area contributed by atoms with Crippen LogP contribution < -0.4 is 0 Å². The van der Waals surface area contributed by atoms with Gasteiger partial charge < -0.3 is 9.84 Å². The summed E-state index contributed by atoms with van der Waals surface area (Å²) in [5, 5.41) is 9.80. The molecule has 4 nitrogen and oxygen atoms in total. The average molecular weight is 336 g/mol. The van der Waals surface area contributed by atoms with Gasteiger partial charge in [-0.3, -0.25) is 9.59 Å². The minimum Gasteiger partial charge on any atom is -0.481 e. The molecule has 1 saturated carbocycles. The van der Waals surface area contributed by atoms with Gasteiger partial charge in [0, 0.05) is 11.8 Å². The number of carbonyl (C=O) groups excluding carboxylic acids is 1. The summed E-state index contributed by atoms with van der Waals surface area (Å²) >= 11 is 0. The van der Waals surface area contributed by atoms with Crippen molar-refractivity contribution in [1.82, 2.24) is 0 Å². The van der Waals surface area contributed by atoms with E-state index in [-0.39, 0.29) is 12.6 Å². The zero-order chi connectivity index (χ0) is 17.8. The Morgan fingerprint density at radius 2 is 1.40 bits per heavy atom. The predicted octanol–water partition coefficient (Wildman–Crippen LogP) is 3.61. The number of carboxylic acids is 1. The van der Waals surface area contributed by atoms with Crippen molar-refractivity contribution in [2.45, 2.75) is 11.8 Å². The summed E-state index contributed by atoms with van der Waals surface area (Å²) in [6.07, 6.45) is 1.51. The van der Waals surface area contributed by atoms with Gasteiger partial charge in [-0.25, -0.2) is 0 Å². The van der Waals surface area contributed by atoms with Gasteiger partial charge in [-0.05, 0) is 11.1 Å². The maximum Gasteiger partial charge on any atom is 0.310 e. The topological polar surface area (TPSA) is 63.6 Å². The van der Waals surface area contributed by atoms with Gasteiger partial charge in [0.1, 0.15) is 6.61 Å². The Labute approximate surface area is 146 Å². The Bertz CT molecular complexity index is 706. The minimum absolute atomic E-state index is 0.121. The number of rotatable bonds is 6. The first-order valence-electron chi connectivity index (χ1n) is 8.25. The first kappa shape index (κ1) is 17.0. The highest BCUT2D eigenvalue weighted by Crippen LogP contribution is 2.57. The summed E-state index contributed by atoms with van der Waals surface area (Å²) in [5.41, 5.74) is 1.70. The van der Waals surface area contributed by atoms with Crippen LogP contribution in [-0.4, -0.2) is 23.7 Å². The van der Waals surface area contributed by atoms with Crippen LogP contribution in [0.3, 0.4) is 0 Å². The molecule has 2 atom stereocenters. The molecule has 3 rings (SSSR count). The van der Waals surface area contributed by atoms with Crippen LogP contribution in [0.1, 0.15) is 23.0 Å². The molecule has 0 radical (unpaired) electrons. The van der Waals surface area contributed by atoms with E-state index in [1.54, 1.807) is 0 Å². The highest BCUT2D eigenvalue weighted by molar-refractivity contribution is 5.84. The van der Waals surface area contributed by atoms with Gasteiger partial charge in [0.2, 0.25) is 0 Å². The lowest BCUT2D eigenvalue weighted by atomic mass is 9.52. The monoisotopic (exact) mass is 336 g/mol. The maximum absolute atomic E-state index is 12.7. The van der Waals surface area contributed by atoms with E-state index in [0.717, 1.165) is 11.1 Å². The Morgan fingerprint density at radius 1 is 0.920 bits per heavy atom. The lowest BCUT2D eigenvalue weighted by molar-refractivity contribution is -0.163. The fourth-order valence-corrected chi connectivity index (χ4v) is 3.77. The van der Waals surface area contributed by atoms with Gasteiger partial charge in [-0.2, -0.15) is 0 Å².